The molecule has 0 amide bonds. The number of rotatable bonds is 5. The molecule has 24 heavy (non-hydrogen) atoms. The maximum Gasteiger partial charge on any atom is 0.180 e. The first-order valence-corrected chi connectivity index (χ1v) is 8.55. The zero-order valence-electron chi connectivity index (χ0n) is 14.3. The molecule has 4 heteroatoms. The minimum Gasteiger partial charge on any atom is -0.507 e. The Labute approximate surface area is 143 Å². The van der Waals surface area contributed by atoms with E-state index in [1.165, 1.54) is 0 Å². The van der Waals surface area contributed by atoms with Crippen LogP contribution in [0.2, 0.25) is 0 Å². The predicted octanol–water partition coefficient (Wildman–Crippen LogP) is 3.02. The van der Waals surface area contributed by atoms with Crippen LogP contribution in [0.15, 0.2) is 53.5 Å². The van der Waals surface area contributed by atoms with Crippen molar-refractivity contribution in [2.45, 2.75) is 38.4 Å². The molecule has 0 radical (unpaired) electrons. The van der Waals surface area contributed by atoms with E-state index in [0.29, 0.717) is 5.75 Å². The fraction of sp³-hybridized carbons (Fsp3) is 0.350. The number of hydrogen-bond acceptors (Lipinski definition) is 3. The molecule has 4 nitrogen and oxygen atoms in total. The summed E-state index contributed by atoms with van der Waals surface area (Å²) < 4.78 is 5.24. The molecule has 1 aliphatic heterocycles. The van der Waals surface area contributed by atoms with E-state index in [9.17, 15) is 5.11 Å². The maximum absolute atomic E-state index is 10.2. The van der Waals surface area contributed by atoms with Crippen molar-refractivity contribution in [3.8, 4) is 11.5 Å². The van der Waals surface area contributed by atoms with E-state index in [1.54, 1.807) is 13.2 Å². The standard InChI is InChI=1S/C20H24N2O2/c1-3-6-20-21-17(14-9-11-15(24-2)12-10-14)13-18(22-20)16-7-4-5-8-19(16)23/h4-5,7-12,18,20,22-23H,3,6,13H2,1-2H3/p+1/t18-,20+/m1/s1. The second-order valence-corrected chi connectivity index (χ2v) is 6.22. The highest BCUT2D eigenvalue weighted by Crippen LogP contribution is 2.27. The number of nitrogens with two attached hydrogens (primary N) is 1. The summed E-state index contributed by atoms with van der Waals surface area (Å²) in [4.78, 5) is 4.94. The topological polar surface area (TPSA) is 58.4 Å². The molecular weight excluding hydrogens is 300 g/mol. The number of para-hydroxylation sites is 1. The van der Waals surface area contributed by atoms with Crippen LogP contribution in [-0.4, -0.2) is 24.1 Å². The molecular formula is C20H25N2O2+. The first-order chi connectivity index (χ1) is 11.7. The smallest absolute Gasteiger partial charge is 0.180 e. The average Bonchev–Trinajstić information content (AvgIpc) is 2.62. The van der Waals surface area contributed by atoms with Crippen molar-refractivity contribution in [2.75, 3.05) is 7.11 Å². The number of aromatic hydroxyl groups is 1. The van der Waals surface area contributed by atoms with Gasteiger partial charge in [0.25, 0.3) is 0 Å². The Balaban J connectivity index is 1.90. The highest BCUT2D eigenvalue weighted by molar-refractivity contribution is 6.01. The van der Waals surface area contributed by atoms with Crippen LogP contribution < -0.4 is 10.1 Å². The van der Waals surface area contributed by atoms with Gasteiger partial charge in [0.05, 0.1) is 18.4 Å². The van der Waals surface area contributed by atoms with Crippen LogP contribution in [0.3, 0.4) is 0 Å². The first kappa shape index (κ1) is 16.5. The molecule has 0 saturated heterocycles. The van der Waals surface area contributed by atoms with E-state index >= 15 is 0 Å². The molecule has 3 rings (SSSR count). The van der Waals surface area contributed by atoms with Gasteiger partial charge in [-0.25, -0.2) is 4.99 Å². The van der Waals surface area contributed by atoms with Crippen molar-refractivity contribution in [3.63, 3.8) is 0 Å². The summed E-state index contributed by atoms with van der Waals surface area (Å²) in [5, 5.41) is 12.5. The van der Waals surface area contributed by atoms with Crippen LogP contribution in [-0.2, 0) is 0 Å². The Hall–Kier alpha value is -2.33. The maximum atomic E-state index is 10.2. The van der Waals surface area contributed by atoms with Crippen LogP contribution in [0.25, 0.3) is 0 Å². The normalized spacial score (nSPS) is 20.5. The highest BCUT2D eigenvalue weighted by Gasteiger charge is 2.29. The van der Waals surface area contributed by atoms with Crippen molar-refractivity contribution >= 4 is 5.71 Å². The number of phenolic OH excluding ortho intramolecular Hbond substituents is 1. The molecule has 0 aromatic heterocycles. The van der Waals surface area contributed by atoms with Gasteiger partial charge in [0.1, 0.15) is 17.5 Å². The lowest BCUT2D eigenvalue weighted by atomic mass is 9.94. The van der Waals surface area contributed by atoms with Crippen LogP contribution in [0, 0.1) is 0 Å². The lowest BCUT2D eigenvalue weighted by Crippen LogP contribution is -2.91. The quantitative estimate of drug-likeness (QED) is 0.888. The fourth-order valence-electron chi connectivity index (χ4n) is 3.29. The Morgan fingerprint density at radius 3 is 2.58 bits per heavy atom. The first-order valence-electron chi connectivity index (χ1n) is 8.55. The molecule has 3 N–H and O–H groups in total. The van der Waals surface area contributed by atoms with E-state index in [-0.39, 0.29) is 12.2 Å². The summed E-state index contributed by atoms with van der Waals surface area (Å²) >= 11 is 0. The van der Waals surface area contributed by atoms with E-state index in [4.69, 9.17) is 9.73 Å². The molecule has 1 aliphatic rings. The molecule has 0 bridgehead atoms. The van der Waals surface area contributed by atoms with Crippen LogP contribution in [0.4, 0.5) is 0 Å². The van der Waals surface area contributed by atoms with E-state index in [0.717, 1.165) is 41.9 Å². The summed E-state index contributed by atoms with van der Waals surface area (Å²) in [6.45, 7) is 2.18. The molecule has 126 valence electrons. The number of aliphatic imine (C=N–C) groups is 1. The van der Waals surface area contributed by atoms with Crippen molar-refractivity contribution in [1.29, 1.82) is 0 Å². The number of hydrogen-bond donors (Lipinski definition) is 2. The number of quaternary nitrogens is 1. The largest absolute Gasteiger partial charge is 0.507 e. The van der Waals surface area contributed by atoms with Gasteiger partial charge in [-0.3, -0.25) is 0 Å². The Morgan fingerprint density at radius 2 is 1.92 bits per heavy atom. The van der Waals surface area contributed by atoms with Gasteiger partial charge in [-0.2, -0.15) is 0 Å². The van der Waals surface area contributed by atoms with Gasteiger partial charge in [-0.15, -0.1) is 0 Å². The third-order valence-electron chi connectivity index (χ3n) is 4.53. The lowest BCUT2D eigenvalue weighted by Gasteiger charge is -2.27. The van der Waals surface area contributed by atoms with Crippen molar-refractivity contribution in [1.82, 2.24) is 0 Å². The number of methoxy groups -OCH3 is 1. The van der Waals surface area contributed by atoms with Crippen LogP contribution in [0.5, 0.6) is 11.5 Å². The Bertz CT molecular complexity index is 710. The second-order valence-electron chi connectivity index (χ2n) is 6.22. The van der Waals surface area contributed by atoms with Crippen LogP contribution >= 0.6 is 0 Å². The molecule has 0 aliphatic carbocycles. The van der Waals surface area contributed by atoms with Gasteiger partial charge in [-0.05, 0) is 48.4 Å². The summed E-state index contributed by atoms with van der Waals surface area (Å²) in [6.07, 6.45) is 3.13. The number of phenols is 1. The average molecular weight is 325 g/mol. The summed E-state index contributed by atoms with van der Waals surface area (Å²) in [5.74, 6) is 1.22. The SMILES string of the molecule is CCC[C@H]1N=C(c2ccc(OC)cc2)C[C@H](c2ccccc2O)[NH2+]1. The summed E-state index contributed by atoms with van der Waals surface area (Å²) in [5.41, 5.74) is 3.22. The molecule has 0 fully saturated rings. The van der Waals surface area contributed by atoms with E-state index in [1.807, 2.05) is 30.3 Å². The van der Waals surface area contributed by atoms with Gasteiger partial charge < -0.3 is 15.2 Å². The highest BCUT2D eigenvalue weighted by atomic mass is 16.5. The molecule has 2 aromatic rings. The van der Waals surface area contributed by atoms with E-state index in [2.05, 4.69) is 24.4 Å². The molecule has 2 aromatic carbocycles. The zero-order valence-corrected chi connectivity index (χ0v) is 14.3. The molecule has 0 saturated carbocycles. The van der Waals surface area contributed by atoms with Crippen molar-refractivity contribution < 1.29 is 15.2 Å². The second kappa shape index (κ2) is 7.49. The van der Waals surface area contributed by atoms with Gasteiger partial charge in [0.2, 0.25) is 0 Å². The third-order valence-corrected chi connectivity index (χ3v) is 4.53. The van der Waals surface area contributed by atoms with Crippen molar-refractivity contribution in [3.05, 3.63) is 59.7 Å². The lowest BCUT2D eigenvalue weighted by molar-refractivity contribution is -0.729. The summed E-state index contributed by atoms with van der Waals surface area (Å²) in [6, 6.07) is 15.9. The monoisotopic (exact) mass is 325 g/mol. The van der Waals surface area contributed by atoms with Crippen LogP contribution in [0.1, 0.15) is 43.4 Å². The zero-order chi connectivity index (χ0) is 16.9. The molecule has 2 atom stereocenters. The number of ether oxygens (including phenoxy) is 1. The fourth-order valence-corrected chi connectivity index (χ4v) is 3.29. The Morgan fingerprint density at radius 1 is 1.17 bits per heavy atom. The van der Waals surface area contributed by atoms with Crippen molar-refractivity contribution in [2.24, 2.45) is 4.99 Å². The number of benzene rings is 2. The van der Waals surface area contributed by atoms with Gasteiger partial charge in [0.15, 0.2) is 6.17 Å². The minimum absolute atomic E-state index is 0.192. The Kier molecular flexibility index (Phi) is 5.16. The predicted molar refractivity (Wildman–Crippen MR) is 95.6 cm³/mol. The number of nitrogens with zero attached hydrogens (tertiary/aromatic N) is 1. The van der Waals surface area contributed by atoms with Gasteiger partial charge >= 0.3 is 0 Å². The molecule has 0 unspecified atom stereocenters. The summed E-state index contributed by atoms with van der Waals surface area (Å²) in [7, 11) is 1.67. The molecule has 1 heterocycles. The third kappa shape index (κ3) is 3.60. The van der Waals surface area contributed by atoms with Gasteiger partial charge in [-0.1, -0.05) is 19.1 Å². The van der Waals surface area contributed by atoms with Gasteiger partial charge in [0, 0.05) is 12.8 Å². The minimum atomic E-state index is 0.192. The molecule has 0 spiro atoms. The van der Waals surface area contributed by atoms with E-state index < -0.39 is 0 Å².